The van der Waals surface area contributed by atoms with Crippen LogP contribution >= 0.6 is 11.8 Å². The summed E-state index contributed by atoms with van der Waals surface area (Å²) in [4.78, 5) is 16.9. The molecule has 0 aliphatic rings. The number of thioether (sulfide) groups is 1. The van der Waals surface area contributed by atoms with Crippen LogP contribution in [0.5, 0.6) is 0 Å². The Morgan fingerprint density at radius 1 is 0.957 bits per heavy atom. The summed E-state index contributed by atoms with van der Waals surface area (Å²) in [5.74, 6) is -0.147. The molecular formula is C19H16N2OS. The third-order valence-electron chi connectivity index (χ3n) is 3.47. The fourth-order valence-electron chi connectivity index (χ4n) is 2.38. The van der Waals surface area contributed by atoms with Gasteiger partial charge in [0, 0.05) is 17.4 Å². The highest BCUT2D eigenvalue weighted by molar-refractivity contribution is 7.98. The molecule has 0 spiro atoms. The Balaban J connectivity index is 1.93. The van der Waals surface area contributed by atoms with Gasteiger partial charge in [0.2, 0.25) is 0 Å². The lowest BCUT2D eigenvalue weighted by atomic mass is 10.0. The number of anilines is 1. The second kappa shape index (κ2) is 7.11. The van der Waals surface area contributed by atoms with Crippen LogP contribution in [0.15, 0.2) is 78.0 Å². The average Bonchev–Trinajstić information content (AvgIpc) is 2.63. The maximum atomic E-state index is 12.6. The van der Waals surface area contributed by atoms with Gasteiger partial charge in [0.05, 0.1) is 5.56 Å². The largest absolute Gasteiger partial charge is 0.321 e. The Labute approximate surface area is 139 Å². The van der Waals surface area contributed by atoms with Crippen LogP contribution < -0.4 is 5.32 Å². The monoisotopic (exact) mass is 320 g/mol. The number of amides is 1. The quantitative estimate of drug-likeness (QED) is 0.707. The van der Waals surface area contributed by atoms with E-state index < -0.39 is 0 Å². The molecule has 0 atom stereocenters. The van der Waals surface area contributed by atoms with Crippen molar-refractivity contribution < 1.29 is 4.79 Å². The van der Waals surface area contributed by atoms with Gasteiger partial charge in [-0.3, -0.25) is 4.79 Å². The molecule has 0 unspecified atom stereocenters. The van der Waals surface area contributed by atoms with Gasteiger partial charge >= 0.3 is 0 Å². The lowest BCUT2D eigenvalue weighted by molar-refractivity contribution is 0.102. The molecule has 0 bridgehead atoms. The average molecular weight is 320 g/mol. The second-order valence-corrected chi connectivity index (χ2v) is 5.72. The maximum Gasteiger partial charge on any atom is 0.258 e. The minimum Gasteiger partial charge on any atom is -0.321 e. The number of rotatable bonds is 4. The molecule has 23 heavy (non-hydrogen) atoms. The molecule has 0 aliphatic carbocycles. The number of hydrogen-bond acceptors (Lipinski definition) is 3. The minimum atomic E-state index is -0.147. The zero-order chi connectivity index (χ0) is 16.1. The van der Waals surface area contributed by atoms with Gasteiger partial charge in [-0.05, 0) is 30.0 Å². The van der Waals surface area contributed by atoms with Gasteiger partial charge < -0.3 is 5.32 Å². The van der Waals surface area contributed by atoms with Gasteiger partial charge in [-0.1, -0.05) is 48.5 Å². The topological polar surface area (TPSA) is 42.0 Å². The highest BCUT2D eigenvalue weighted by atomic mass is 32.2. The molecular weight excluding hydrogens is 304 g/mol. The van der Waals surface area contributed by atoms with Gasteiger partial charge in [0.1, 0.15) is 5.03 Å². The molecule has 4 heteroatoms. The molecule has 3 aromatic rings. The van der Waals surface area contributed by atoms with E-state index in [1.807, 2.05) is 60.9 Å². The Morgan fingerprint density at radius 3 is 2.48 bits per heavy atom. The fraction of sp³-hybridized carbons (Fsp3) is 0.0526. The van der Waals surface area contributed by atoms with E-state index >= 15 is 0 Å². The number of nitrogens with zero attached hydrogens (tertiary/aromatic N) is 1. The van der Waals surface area contributed by atoms with Crippen molar-refractivity contribution in [3.8, 4) is 11.1 Å². The molecule has 0 fully saturated rings. The van der Waals surface area contributed by atoms with Crippen molar-refractivity contribution in [1.82, 2.24) is 4.98 Å². The van der Waals surface area contributed by atoms with Gasteiger partial charge in [0.25, 0.3) is 5.91 Å². The van der Waals surface area contributed by atoms with Crippen molar-refractivity contribution in [3.05, 3.63) is 78.5 Å². The molecule has 0 saturated carbocycles. The van der Waals surface area contributed by atoms with Gasteiger partial charge in [-0.25, -0.2) is 4.98 Å². The summed E-state index contributed by atoms with van der Waals surface area (Å²) in [6.45, 7) is 0. The normalized spacial score (nSPS) is 10.3. The molecule has 0 radical (unpaired) electrons. The van der Waals surface area contributed by atoms with Crippen LogP contribution in [-0.2, 0) is 0 Å². The highest BCUT2D eigenvalue weighted by Gasteiger charge is 2.13. The molecule has 2 aromatic carbocycles. The summed E-state index contributed by atoms with van der Waals surface area (Å²) in [5, 5.41) is 3.73. The molecule has 1 aromatic heterocycles. The summed E-state index contributed by atoms with van der Waals surface area (Å²) < 4.78 is 0. The van der Waals surface area contributed by atoms with Gasteiger partial charge in [0.15, 0.2) is 0 Å². The summed E-state index contributed by atoms with van der Waals surface area (Å²) >= 11 is 1.46. The second-order valence-electron chi connectivity index (χ2n) is 4.93. The SMILES string of the molecule is CSc1ncccc1C(=O)Nc1ccccc1-c1ccccc1. The van der Waals surface area contributed by atoms with Crippen LogP contribution in [0.4, 0.5) is 5.69 Å². The van der Waals surface area contributed by atoms with Crippen molar-refractivity contribution in [2.75, 3.05) is 11.6 Å². The Kier molecular flexibility index (Phi) is 4.74. The van der Waals surface area contributed by atoms with E-state index in [-0.39, 0.29) is 5.91 Å². The maximum absolute atomic E-state index is 12.6. The number of pyridine rings is 1. The van der Waals surface area contributed by atoms with E-state index in [2.05, 4.69) is 10.3 Å². The number of carbonyl (C=O) groups excluding carboxylic acids is 1. The molecule has 1 N–H and O–H groups in total. The predicted octanol–water partition coefficient (Wildman–Crippen LogP) is 4.72. The molecule has 0 saturated heterocycles. The van der Waals surface area contributed by atoms with Crippen molar-refractivity contribution in [3.63, 3.8) is 0 Å². The smallest absolute Gasteiger partial charge is 0.258 e. The van der Waals surface area contributed by atoms with Crippen molar-refractivity contribution in [2.24, 2.45) is 0 Å². The lowest BCUT2D eigenvalue weighted by Crippen LogP contribution is -2.14. The van der Waals surface area contributed by atoms with Crippen LogP contribution in [0.2, 0.25) is 0 Å². The first-order valence-electron chi connectivity index (χ1n) is 7.24. The van der Waals surface area contributed by atoms with Crippen molar-refractivity contribution >= 4 is 23.4 Å². The van der Waals surface area contributed by atoms with Crippen LogP contribution in [0, 0.1) is 0 Å². The Hall–Kier alpha value is -2.59. The van der Waals surface area contributed by atoms with E-state index in [1.54, 1.807) is 18.3 Å². The van der Waals surface area contributed by atoms with Crippen LogP contribution in [-0.4, -0.2) is 17.1 Å². The Morgan fingerprint density at radius 2 is 1.70 bits per heavy atom. The molecule has 3 rings (SSSR count). The van der Waals surface area contributed by atoms with Crippen LogP contribution in [0.3, 0.4) is 0 Å². The fourth-order valence-corrected chi connectivity index (χ4v) is 2.92. The summed E-state index contributed by atoms with van der Waals surface area (Å²) in [5.41, 5.74) is 3.44. The van der Waals surface area contributed by atoms with E-state index in [1.165, 1.54) is 11.8 Å². The third-order valence-corrected chi connectivity index (χ3v) is 4.18. The first-order chi connectivity index (χ1) is 11.3. The molecule has 1 heterocycles. The van der Waals surface area contributed by atoms with Crippen molar-refractivity contribution in [1.29, 1.82) is 0 Å². The van der Waals surface area contributed by atoms with Gasteiger partial charge in [-0.2, -0.15) is 0 Å². The summed E-state index contributed by atoms with van der Waals surface area (Å²) in [6.07, 6.45) is 3.61. The van der Waals surface area contributed by atoms with Crippen LogP contribution in [0.1, 0.15) is 10.4 Å². The van der Waals surface area contributed by atoms with Gasteiger partial charge in [-0.15, -0.1) is 11.8 Å². The zero-order valence-corrected chi connectivity index (χ0v) is 13.5. The first kappa shape index (κ1) is 15.3. The number of nitrogens with one attached hydrogen (secondary N) is 1. The predicted molar refractivity (Wildman–Crippen MR) is 95.8 cm³/mol. The summed E-state index contributed by atoms with van der Waals surface area (Å²) in [6, 6.07) is 21.4. The van der Waals surface area contributed by atoms with E-state index in [9.17, 15) is 4.79 Å². The molecule has 0 aliphatic heterocycles. The van der Waals surface area contributed by atoms with E-state index in [0.29, 0.717) is 5.56 Å². The number of hydrogen-bond donors (Lipinski definition) is 1. The molecule has 114 valence electrons. The first-order valence-corrected chi connectivity index (χ1v) is 8.47. The number of para-hydroxylation sites is 1. The van der Waals surface area contributed by atoms with E-state index in [4.69, 9.17) is 0 Å². The standard InChI is InChI=1S/C19H16N2OS/c1-23-19-16(11-7-13-20-19)18(22)21-17-12-6-5-10-15(17)14-8-3-2-4-9-14/h2-13H,1H3,(H,21,22). The number of benzene rings is 2. The number of carbonyl (C=O) groups is 1. The Bertz CT molecular complexity index is 818. The van der Waals surface area contributed by atoms with E-state index in [0.717, 1.165) is 21.8 Å². The molecule has 1 amide bonds. The molecule has 3 nitrogen and oxygen atoms in total. The highest BCUT2D eigenvalue weighted by Crippen LogP contribution is 2.28. The minimum absolute atomic E-state index is 0.147. The van der Waals surface area contributed by atoms with Crippen LogP contribution in [0.25, 0.3) is 11.1 Å². The van der Waals surface area contributed by atoms with Crippen molar-refractivity contribution in [2.45, 2.75) is 5.03 Å². The summed E-state index contributed by atoms with van der Waals surface area (Å²) in [7, 11) is 0. The third kappa shape index (κ3) is 3.43. The number of aromatic nitrogens is 1. The zero-order valence-electron chi connectivity index (χ0n) is 12.7. The lowest BCUT2D eigenvalue weighted by Gasteiger charge is -2.12.